The van der Waals surface area contributed by atoms with Crippen LogP contribution in [0.4, 0.5) is 5.69 Å². The summed E-state index contributed by atoms with van der Waals surface area (Å²) in [7, 11) is 0. The quantitative estimate of drug-likeness (QED) is 0.708. The fourth-order valence-corrected chi connectivity index (χ4v) is 3.05. The maximum Gasteiger partial charge on any atom is 0.228 e. The lowest BCUT2D eigenvalue weighted by Crippen LogP contribution is -2.28. The molecule has 2 rings (SSSR count). The molecule has 0 radical (unpaired) electrons. The molecule has 0 bridgehead atoms. The third kappa shape index (κ3) is 4.59. The van der Waals surface area contributed by atoms with Gasteiger partial charge < -0.3 is 10.6 Å². The Morgan fingerprint density at radius 2 is 1.88 bits per heavy atom. The van der Waals surface area contributed by atoms with Crippen molar-refractivity contribution in [1.29, 1.82) is 0 Å². The topological polar surface area (TPSA) is 58.2 Å². The van der Waals surface area contributed by atoms with E-state index in [0.717, 1.165) is 36.1 Å². The van der Waals surface area contributed by atoms with Crippen LogP contribution in [0.1, 0.15) is 63.5 Å². The molecule has 24 heavy (non-hydrogen) atoms. The first-order valence-electron chi connectivity index (χ1n) is 9.13. The molecule has 1 fully saturated rings. The molecule has 1 aromatic rings. The van der Waals surface area contributed by atoms with E-state index in [9.17, 15) is 9.59 Å². The summed E-state index contributed by atoms with van der Waals surface area (Å²) >= 11 is 0. The lowest BCUT2D eigenvalue weighted by molar-refractivity contribution is -0.125. The van der Waals surface area contributed by atoms with E-state index in [0.29, 0.717) is 18.9 Å². The fourth-order valence-electron chi connectivity index (χ4n) is 3.05. The lowest BCUT2D eigenvalue weighted by Gasteiger charge is -2.16. The number of anilines is 1. The van der Waals surface area contributed by atoms with E-state index in [2.05, 4.69) is 37.5 Å². The van der Waals surface area contributed by atoms with Gasteiger partial charge in [-0.15, -0.1) is 0 Å². The minimum atomic E-state index is -0.184. The zero-order chi connectivity index (χ0) is 17.7. The molecule has 0 saturated heterocycles. The average Bonchev–Trinajstić information content (AvgIpc) is 3.33. The van der Waals surface area contributed by atoms with Crippen LogP contribution >= 0.6 is 0 Å². The highest BCUT2D eigenvalue weighted by Gasteiger charge is 2.48. The van der Waals surface area contributed by atoms with Gasteiger partial charge in [-0.05, 0) is 36.8 Å². The van der Waals surface area contributed by atoms with Crippen LogP contribution in [0.15, 0.2) is 18.2 Å². The molecule has 132 valence electrons. The van der Waals surface area contributed by atoms with Crippen LogP contribution in [-0.4, -0.2) is 18.4 Å². The Morgan fingerprint density at radius 3 is 2.54 bits per heavy atom. The Labute approximate surface area is 145 Å². The second-order valence-electron chi connectivity index (χ2n) is 7.13. The monoisotopic (exact) mass is 330 g/mol. The average molecular weight is 330 g/mol. The van der Waals surface area contributed by atoms with Gasteiger partial charge in [0.1, 0.15) is 0 Å². The Kier molecular flexibility index (Phi) is 6.41. The van der Waals surface area contributed by atoms with Crippen molar-refractivity contribution in [2.75, 3.05) is 11.9 Å². The highest BCUT2D eigenvalue weighted by Crippen LogP contribution is 2.40. The molecule has 2 N–H and O–H groups in total. The van der Waals surface area contributed by atoms with E-state index < -0.39 is 0 Å². The van der Waals surface area contributed by atoms with Crippen molar-refractivity contribution in [1.82, 2.24) is 5.32 Å². The first-order valence-corrected chi connectivity index (χ1v) is 9.13. The van der Waals surface area contributed by atoms with Gasteiger partial charge in [-0.25, -0.2) is 0 Å². The SMILES string of the molecule is CCCCCNC(=O)C1CC1C(=O)Nc1c(C)cccc1C(C)C. The van der Waals surface area contributed by atoms with Crippen molar-refractivity contribution in [3.05, 3.63) is 29.3 Å². The number of nitrogens with one attached hydrogen (secondary N) is 2. The predicted octanol–water partition coefficient (Wildman–Crippen LogP) is 4.00. The molecule has 4 heteroatoms. The second-order valence-corrected chi connectivity index (χ2v) is 7.13. The zero-order valence-corrected chi connectivity index (χ0v) is 15.3. The minimum absolute atomic E-state index is 0.0279. The van der Waals surface area contributed by atoms with Crippen molar-refractivity contribution in [3.8, 4) is 0 Å². The van der Waals surface area contributed by atoms with Crippen LogP contribution in [0.25, 0.3) is 0 Å². The Balaban J connectivity index is 1.90. The third-order valence-corrected chi connectivity index (χ3v) is 4.72. The molecule has 2 unspecified atom stereocenters. The zero-order valence-electron chi connectivity index (χ0n) is 15.3. The molecule has 1 aromatic carbocycles. The lowest BCUT2D eigenvalue weighted by atomic mass is 9.98. The third-order valence-electron chi connectivity index (χ3n) is 4.72. The van der Waals surface area contributed by atoms with Crippen LogP contribution in [0, 0.1) is 18.8 Å². The van der Waals surface area contributed by atoms with E-state index in [1.807, 2.05) is 19.1 Å². The highest BCUT2D eigenvalue weighted by molar-refractivity contribution is 6.00. The van der Waals surface area contributed by atoms with Gasteiger partial charge in [-0.3, -0.25) is 9.59 Å². The summed E-state index contributed by atoms with van der Waals surface area (Å²) in [6.45, 7) is 9.10. The summed E-state index contributed by atoms with van der Waals surface area (Å²) in [6.07, 6.45) is 3.93. The number of carbonyl (C=O) groups excluding carboxylic acids is 2. The Morgan fingerprint density at radius 1 is 1.17 bits per heavy atom. The molecule has 0 aliphatic heterocycles. The maximum atomic E-state index is 12.5. The molecule has 2 atom stereocenters. The summed E-state index contributed by atoms with van der Waals surface area (Å²) < 4.78 is 0. The Hall–Kier alpha value is -1.84. The van der Waals surface area contributed by atoms with Gasteiger partial charge in [-0.2, -0.15) is 0 Å². The van der Waals surface area contributed by atoms with Crippen LogP contribution in [-0.2, 0) is 9.59 Å². The molecule has 0 aromatic heterocycles. The van der Waals surface area contributed by atoms with Crippen molar-refractivity contribution in [2.45, 2.75) is 59.3 Å². The molecule has 1 aliphatic rings. The number of hydrogen-bond donors (Lipinski definition) is 2. The van der Waals surface area contributed by atoms with Crippen molar-refractivity contribution in [2.24, 2.45) is 11.8 Å². The number of rotatable bonds is 8. The van der Waals surface area contributed by atoms with E-state index in [1.54, 1.807) is 0 Å². The fraction of sp³-hybridized carbons (Fsp3) is 0.600. The molecular weight excluding hydrogens is 300 g/mol. The summed E-state index contributed by atoms with van der Waals surface area (Å²) in [5.41, 5.74) is 3.12. The van der Waals surface area contributed by atoms with E-state index in [1.165, 1.54) is 0 Å². The summed E-state index contributed by atoms with van der Waals surface area (Å²) in [5.74, 6) is 0.00558. The molecule has 0 heterocycles. The highest BCUT2D eigenvalue weighted by atomic mass is 16.2. The van der Waals surface area contributed by atoms with Crippen LogP contribution in [0.3, 0.4) is 0 Å². The first-order chi connectivity index (χ1) is 11.5. The van der Waals surface area contributed by atoms with Gasteiger partial charge in [0.15, 0.2) is 0 Å². The van der Waals surface area contributed by atoms with Gasteiger partial charge in [0.25, 0.3) is 0 Å². The number of para-hydroxylation sites is 1. The van der Waals surface area contributed by atoms with Crippen LogP contribution < -0.4 is 10.6 Å². The largest absolute Gasteiger partial charge is 0.356 e. The molecule has 1 aliphatic carbocycles. The number of aryl methyl sites for hydroxylation is 1. The number of benzene rings is 1. The molecule has 0 spiro atoms. The standard InChI is InChI=1S/C20H30N2O2/c1-5-6-7-11-21-19(23)16-12-17(16)20(24)22-18-14(4)9-8-10-15(18)13(2)3/h8-10,13,16-17H,5-7,11-12H2,1-4H3,(H,21,23)(H,22,24). The van der Waals surface area contributed by atoms with Gasteiger partial charge in [0.2, 0.25) is 11.8 Å². The Bertz CT molecular complexity index is 595. The van der Waals surface area contributed by atoms with Crippen LogP contribution in [0.2, 0.25) is 0 Å². The number of carbonyl (C=O) groups is 2. The summed E-state index contributed by atoms with van der Waals surface area (Å²) in [5, 5.41) is 6.01. The molecule has 1 saturated carbocycles. The van der Waals surface area contributed by atoms with Crippen molar-refractivity contribution < 1.29 is 9.59 Å². The second kappa shape index (κ2) is 8.32. The molecule has 4 nitrogen and oxygen atoms in total. The van der Waals surface area contributed by atoms with Crippen molar-refractivity contribution in [3.63, 3.8) is 0 Å². The molecular formula is C20H30N2O2. The number of amides is 2. The van der Waals surface area contributed by atoms with Crippen LogP contribution in [0.5, 0.6) is 0 Å². The molecule has 2 amide bonds. The minimum Gasteiger partial charge on any atom is -0.356 e. The summed E-state index contributed by atoms with van der Waals surface area (Å²) in [6, 6.07) is 6.08. The smallest absolute Gasteiger partial charge is 0.228 e. The van der Waals surface area contributed by atoms with E-state index in [-0.39, 0.29) is 23.7 Å². The van der Waals surface area contributed by atoms with E-state index in [4.69, 9.17) is 0 Å². The van der Waals surface area contributed by atoms with Gasteiger partial charge in [-0.1, -0.05) is 51.8 Å². The maximum absolute atomic E-state index is 12.5. The normalized spacial score (nSPS) is 19.2. The van der Waals surface area contributed by atoms with Gasteiger partial charge in [0, 0.05) is 12.2 Å². The van der Waals surface area contributed by atoms with E-state index >= 15 is 0 Å². The number of unbranched alkanes of at least 4 members (excludes halogenated alkanes) is 2. The summed E-state index contributed by atoms with van der Waals surface area (Å²) in [4.78, 5) is 24.6. The number of hydrogen-bond acceptors (Lipinski definition) is 2. The van der Waals surface area contributed by atoms with Gasteiger partial charge >= 0.3 is 0 Å². The predicted molar refractivity (Wildman–Crippen MR) is 98.0 cm³/mol. The van der Waals surface area contributed by atoms with Crippen molar-refractivity contribution >= 4 is 17.5 Å². The van der Waals surface area contributed by atoms with Gasteiger partial charge in [0.05, 0.1) is 11.8 Å². The first kappa shape index (κ1) is 18.5.